The van der Waals surface area contributed by atoms with E-state index in [2.05, 4.69) is 98.8 Å². The molecule has 0 saturated carbocycles. The van der Waals surface area contributed by atoms with Crippen LogP contribution in [0.1, 0.15) is 52.7 Å². The smallest absolute Gasteiger partial charge is 0.164 e. The van der Waals surface area contributed by atoms with Crippen molar-refractivity contribution in [3.8, 4) is 22.4 Å². The summed E-state index contributed by atoms with van der Waals surface area (Å²) in [6.45, 7) is 15.5. The summed E-state index contributed by atoms with van der Waals surface area (Å²) in [4.78, 5) is 16.2. The molecule has 0 saturated heterocycles. The number of carbonyl (C=O) groups is 1. The molecule has 42 heavy (non-hydrogen) atoms. The van der Waals surface area contributed by atoms with E-state index in [1.54, 1.807) is 0 Å². The van der Waals surface area contributed by atoms with Crippen LogP contribution in [0.2, 0.25) is 0 Å². The van der Waals surface area contributed by atoms with Gasteiger partial charge in [0, 0.05) is 48.9 Å². The molecule has 1 heterocycles. The molecule has 5 rings (SSSR count). The number of aryl methyl sites for hydroxylation is 2. The Morgan fingerprint density at radius 2 is 1.45 bits per heavy atom. The van der Waals surface area contributed by atoms with Gasteiger partial charge in [-0.15, -0.1) is 29.7 Å². The molecule has 0 aliphatic heterocycles. The summed E-state index contributed by atoms with van der Waals surface area (Å²) < 4.78 is 0. The van der Waals surface area contributed by atoms with Crippen molar-refractivity contribution in [1.82, 2.24) is 4.98 Å². The van der Waals surface area contributed by atoms with Gasteiger partial charge in [0.05, 0.1) is 0 Å². The zero-order valence-electron chi connectivity index (χ0n) is 25.8. The van der Waals surface area contributed by atoms with Gasteiger partial charge in [0.25, 0.3) is 0 Å². The summed E-state index contributed by atoms with van der Waals surface area (Å²) in [6, 6.07) is 31.2. The first-order valence-electron chi connectivity index (χ1n) is 14.1. The maximum absolute atomic E-state index is 11.5. The van der Waals surface area contributed by atoms with E-state index in [4.69, 9.17) is 4.98 Å². The predicted octanol–water partition coefficient (Wildman–Crippen LogP) is 10.2. The van der Waals surface area contributed by atoms with Crippen LogP contribution >= 0.6 is 0 Å². The SMILES string of the molecule is CC(C)(C)C(=O)/C=C(\O)C(C)(C)C.Cc1cc2c(-c3[c-]c4ccccc4cc3)nccc2c(C)c1-c1ccccc1.[Ir]. The normalized spacial score (nSPS) is 12.0. The monoisotopic (exact) mass is 735 g/mol. The second-order valence-corrected chi connectivity index (χ2v) is 12.7. The van der Waals surface area contributed by atoms with Crippen LogP contribution in [0, 0.1) is 30.7 Å². The second kappa shape index (κ2) is 13.2. The van der Waals surface area contributed by atoms with Crippen molar-refractivity contribution >= 4 is 27.3 Å². The van der Waals surface area contributed by atoms with E-state index < -0.39 is 5.41 Å². The molecule has 4 aromatic carbocycles. The number of aromatic nitrogens is 1. The van der Waals surface area contributed by atoms with Gasteiger partial charge in [0.2, 0.25) is 0 Å². The van der Waals surface area contributed by atoms with Crippen molar-refractivity contribution in [3.05, 3.63) is 114 Å². The van der Waals surface area contributed by atoms with Crippen molar-refractivity contribution in [1.29, 1.82) is 0 Å². The maximum Gasteiger partial charge on any atom is 0.164 e. The third kappa shape index (κ3) is 7.43. The molecule has 0 spiro atoms. The average Bonchev–Trinajstić information content (AvgIpc) is 2.92. The molecule has 3 nitrogen and oxygen atoms in total. The Hall–Kier alpha value is -3.59. The maximum atomic E-state index is 11.5. The molecule has 0 amide bonds. The van der Waals surface area contributed by atoms with Gasteiger partial charge in [-0.3, -0.25) is 9.78 Å². The van der Waals surface area contributed by atoms with Gasteiger partial charge in [0.15, 0.2) is 5.78 Å². The molecule has 1 radical (unpaired) electrons. The van der Waals surface area contributed by atoms with Crippen molar-refractivity contribution < 1.29 is 30.0 Å². The largest absolute Gasteiger partial charge is 0.512 e. The molecule has 1 aromatic heterocycles. The van der Waals surface area contributed by atoms with E-state index in [0.29, 0.717) is 0 Å². The Balaban J connectivity index is 0.000000297. The fourth-order valence-corrected chi connectivity index (χ4v) is 4.74. The second-order valence-electron chi connectivity index (χ2n) is 12.7. The minimum absolute atomic E-state index is 0. The number of fused-ring (bicyclic) bond motifs is 2. The van der Waals surface area contributed by atoms with Crippen LogP contribution in [0.4, 0.5) is 0 Å². The topological polar surface area (TPSA) is 50.2 Å². The van der Waals surface area contributed by atoms with Crippen LogP contribution in [0.3, 0.4) is 0 Å². The Morgan fingerprint density at radius 1 is 0.810 bits per heavy atom. The van der Waals surface area contributed by atoms with Gasteiger partial charge in [-0.1, -0.05) is 107 Å². The number of pyridine rings is 1. The molecule has 0 unspecified atom stereocenters. The van der Waals surface area contributed by atoms with E-state index in [-0.39, 0.29) is 37.1 Å². The zero-order chi connectivity index (χ0) is 29.9. The molecule has 1 N–H and O–H groups in total. The molecule has 0 bridgehead atoms. The van der Waals surface area contributed by atoms with Crippen molar-refractivity contribution in [2.45, 2.75) is 55.4 Å². The van der Waals surface area contributed by atoms with E-state index >= 15 is 0 Å². The zero-order valence-corrected chi connectivity index (χ0v) is 28.2. The molecular weight excluding hydrogens is 695 g/mol. The Morgan fingerprint density at radius 3 is 2.10 bits per heavy atom. The van der Waals surface area contributed by atoms with E-state index in [1.165, 1.54) is 44.5 Å². The number of aliphatic hydroxyl groups excluding tert-OH is 1. The molecule has 0 atom stereocenters. The van der Waals surface area contributed by atoms with Crippen molar-refractivity contribution in [3.63, 3.8) is 0 Å². The number of allylic oxidation sites excluding steroid dienone is 2. The fourth-order valence-electron chi connectivity index (χ4n) is 4.74. The van der Waals surface area contributed by atoms with Crippen LogP contribution in [0.15, 0.2) is 96.9 Å². The van der Waals surface area contributed by atoms with E-state index in [9.17, 15) is 9.90 Å². The Labute approximate surface area is 264 Å². The predicted molar refractivity (Wildman–Crippen MR) is 173 cm³/mol. The van der Waals surface area contributed by atoms with Crippen molar-refractivity contribution in [2.75, 3.05) is 0 Å². The summed E-state index contributed by atoms with van der Waals surface area (Å²) >= 11 is 0. The number of hydrogen-bond donors (Lipinski definition) is 1. The molecule has 5 aromatic rings. The van der Waals surface area contributed by atoms with Gasteiger partial charge in [-0.25, -0.2) is 0 Å². The number of rotatable bonds is 3. The fraction of sp³-hybridized carbons (Fsp3) is 0.263. The van der Waals surface area contributed by atoms with Gasteiger partial charge in [-0.05, 0) is 52.9 Å². The summed E-state index contributed by atoms with van der Waals surface area (Å²) in [6.07, 6.45) is 3.25. The number of carbonyl (C=O) groups excluding carboxylic acids is 1. The molecule has 219 valence electrons. The minimum atomic E-state index is -0.417. The first-order valence-corrected chi connectivity index (χ1v) is 14.1. The van der Waals surface area contributed by atoms with Crippen LogP contribution in [0.5, 0.6) is 0 Å². The van der Waals surface area contributed by atoms with Crippen LogP contribution < -0.4 is 0 Å². The number of ketones is 1. The van der Waals surface area contributed by atoms with E-state index in [0.717, 1.165) is 16.6 Å². The minimum Gasteiger partial charge on any atom is -0.512 e. The summed E-state index contributed by atoms with van der Waals surface area (Å²) in [7, 11) is 0. The molecular formula is C38H40IrNO2-. The van der Waals surface area contributed by atoms with Gasteiger partial charge < -0.3 is 5.11 Å². The summed E-state index contributed by atoms with van der Waals surface area (Å²) in [5, 5.41) is 14.3. The number of nitrogens with zero attached hydrogens (tertiary/aromatic N) is 1. The average molecular weight is 735 g/mol. The third-order valence-electron chi connectivity index (χ3n) is 7.28. The first kappa shape index (κ1) is 32.9. The van der Waals surface area contributed by atoms with Gasteiger partial charge in [0.1, 0.15) is 5.76 Å². The van der Waals surface area contributed by atoms with Gasteiger partial charge >= 0.3 is 0 Å². The quantitative estimate of drug-likeness (QED) is 0.114. The molecule has 0 aliphatic carbocycles. The Bertz CT molecular complexity index is 1740. The molecule has 0 fully saturated rings. The number of aliphatic hydroxyl groups is 1. The third-order valence-corrected chi connectivity index (χ3v) is 7.28. The summed E-state index contributed by atoms with van der Waals surface area (Å²) in [5.41, 5.74) is 6.41. The number of hydrogen-bond acceptors (Lipinski definition) is 3. The van der Waals surface area contributed by atoms with Crippen LogP contribution in [-0.4, -0.2) is 15.9 Å². The Kier molecular flexibility index (Phi) is 10.3. The van der Waals surface area contributed by atoms with Crippen LogP contribution in [-0.2, 0) is 24.9 Å². The van der Waals surface area contributed by atoms with Gasteiger partial charge in [-0.2, -0.15) is 0 Å². The number of benzene rings is 4. The molecule has 4 heteroatoms. The molecule has 0 aliphatic rings. The standard InChI is InChI=1S/C27H20N.C11H20O2.Ir/c1-18-16-25-24(19(2)26(18)21-9-4-3-5-10-21)14-15-28-27(25)23-13-12-20-8-6-7-11-22(20)17-23;1-10(2,3)8(12)7-9(13)11(4,5)6;/h3-16H,1-2H3;7,12H,1-6H3;/q-1;;/b;8-7-;. The van der Waals surface area contributed by atoms with Crippen molar-refractivity contribution in [2.24, 2.45) is 10.8 Å². The van der Waals surface area contributed by atoms with E-state index in [1.807, 2.05) is 47.7 Å². The van der Waals surface area contributed by atoms with Crippen LogP contribution in [0.25, 0.3) is 43.9 Å². The first-order chi connectivity index (χ1) is 19.3. The summed E-state index contributed by atoms with van der Waals surface area (Å²) in [5.74, 6) is 0.104.